The second-order valence-corrected chi connectivity index (χ2v) is 5.39. The quantitative estimate of drug-likeness (QED) is 0.798. The summed E-state index contributed by atoms with van der Waals surface area (Å²) in [5, 5.41) is 12.2. The lowest BCUT2D eigenvalue weighted by Crippen LogP contribution is -2.51. The van der Waals surface area contributed by atoms with Crippen LogP contribution in [0.1, 0.15) is 44.3 Å². The predicted octanol–water partition coefficient (Wildman–Crippen LogP) is 0.694. The topological polar surface area (TPSA) is 72.9 Å². The van der Waals surface area contributed by atoms with Gasteiger partial charge in [-0.15, -0.1) is 10.2 Å². The molecule has 0 unspecified atom stereocenters. The van der Waals surface area contributed by atoms with Gasteiger partial charge in [-0.05, 0) is 25.1 Å². The van der Waals surface area contributed by atoms with E-state index >= 15 is 0 Å². The van der Waals surface area contributed by atoms with E-state index in [0.717, 1.165) is 12.4 Å². The number of aromatic nitrogens is 4. The number of nitrogens with zero attached hydrogens (tertiary/aromatic N) is 5. The van der Waals surface area contributed by atoms with Gasteiger partial charge in [-0.3, -0.25) is 4.90 Å². The van der Waals surface area contributed by atoms with E-state index in [4.69, 9.17) is 5.73 Å². The highest BCUT2D eigenvalue weighted by atomic mass is 15.6. The molecule has 102 valence electrons. The minimum atomic E-state index is 0.121. The van der Waals surface area contributed by atoms with E-state index in [9.17, 15) is 0 Å². The molecule has 1 aliphatic carbocycles. The molecule has 0 radical (unpaired) electrons. The van der Waals surface area contributed by atoms with Crippen LogP contribution in [0.2, 0.25) is 0 Å². The molecule has 0 atom stereocenters. The minimum absolute atomic E-state index is 0.121. The SMILES string of the molecule is CN(Cc1nnn(C)n1)C1(CN)CCCCCC1. The van der Waals surface area contributed by atoms with E-state index in [-0.39, 0.29) is 5.54 Å². The molecule has 6 heteroatoms. The number of nitrogens with two attached hydrogens (primary N) is 1. The largest absolute Gasteiger partial charge is 0.329 e. The molecule has 0 aliphatic heterocycles. The van der Waals surface area contributed by atoms with Gasteiger partial charge in [-0.2, -0.15) is 4.80 Å². The van der Waals surface area contributed by atoms with Gasteiger partial charge in [0.05, 0.1) is 13.6 Å². The zero-order chi connectivity index (χ0) is 13.0. The Morgan fingerprint density at radius 3 is 2.44 bits per heavy atom. The van der Waals surface area contributed by atoms with Crippen molar-refractivity contribution in [2.45, 2.75) is 50.6 Å². The zero-order valence-electron chi connectivity index (χ0n) is 11.5. The van der Waals surface area contributed by atoms with Crippen LogP contribution in [0.4, 0.5) is 0 Å². The maximum absolute atomic E-state index is 6.06. The Morgan fingerprint density at radius 1 is 1.28 bits per heavy atom. The van der Waals surface area contributed by atoms with Gasteiger partial charge < -0.3 is 5.73 Å². The third-order valence-electron chi connectivity index (χ3n) is 4.15. The van der Waals surface area contributed by atoms with Crippen molar-refractivity contribution in [2.24, 2.45) is 12.8 Å². The highest BCUT2D eigenvalue weighted by Crippen LogP contribution is 2.31. The molecule has 1 aromatic heterocycles. The fourth-order valence-electron chi connectivity index (χ4n) is 2.89. The van der Waals surface area contributed by atoms with E-state index in [1.165, 1.54) is 43.3 Å². The lowest BCUT2D eigenvalue weighted by Gasteiger charge is -2.40. The average Bonchev–Trinajstić information content (AvgIpc) is 2.65. The fourth-order valence-corrected chi connectivity index (χ4v) is 2.89. The van der Waals surface area contributed by atoms with Gasteiger partial charge in [-0.1, -0.05) is 25.7 Å². The molecule has 1 saturated carbocycles. The number of hydrogen-bond acceptors (Lipinski definition) is 5. The summed E-state index contributed by atoms with van der Waals surface area (Å²) >= 11 is 0. The third kappa shape index (κ3) is 2.87. The molecule has 1 aromatic rings. The van der Waals surface area contributed by atoms with E-state index in [1.807, 2.05) is 0 Å². The second kappa shape index (κ2) is 5.75. The molecule has 1 fully saturated rings. The average molecular weight is 252 g/mol. The molecule has 0 spiro atoms. The number of hydrogen-bond donors (Lipinski definition) is 1. The van der Waals surface area contributed by atoms with Crippen molar-refractivity contribution >= 4 is 0 Å². The van der Waals surface area contributed by atoms with Crippen LogP contribution in [0.15, 0.2) is 0 Å². The van der Waals surface area contributed by atoms with Crippen LogP contribution in [0.25, 0.3) is 0 Å². The van der Waals surface area contributed by atoms with Crippen LogP contribution in [0.5, 0.6) is 0 Å². The first-order valence-electron chi connectivity index (χ1n) is 6.80. The molecular weight excluding hydrogens is 228 g/mol. The molecule has 1 heterocycles. The number of aryl methyl sites for hydroxylation is 1. The van der Waals surface area contributed by atoms with Crippen molar-refractivity contribution in [3.63, 3.8) is 0 Å². The first kappa shape index (κ1) is 13.4. The van der Waals surface area contributed by atoms with E-state index < -0.39 is 0 Å². The first-order chi connectivity index (χ1) is 8.66. The Hall–Kier alpha value is -1.01. The minimum Gasteiger partial charge on any atom is -0.329 e. The lowest BCUT2D eigenvalue weighted by molar-refractivity contribution is 0.0968. The van der Waals surface area contributed by atoms with Gasteiger partial charge in [0.25, 0.3) is 0 Å². The van der Waals surface area contributed by atoms with Crippen molar-refractivity contribution in [3.8, 4) is 0 Å². The van der Waals surface area contributed by atoms with Gasteiger partial charge in [0, 0.05) is 12.1 Å². The fraction of sp³-hybridized carbons (Fsp3) is 0.917. The standard InChI is InChI=1S/C12H24N6/c1-17(9-11-14-16-18(2)15-11)12(10-13)7-5-3-4-6-8-12/h3-10,13H2,1-2H3. The van der Waals surface area contributed by atoms with Crippen molar-refractivity contribution in [1.82, 2.24) is 25.1 Å². The second-order valence-electron chi connectivity index (χ2n) is 5.39. The van der Waals surface area contributed by atoms with Crippen LogP contribution in [-0.2, 0) is 13.6 Å². The van der Waals surface area contributed by atoms with Gasteiger partial charge in [-0.25, -0.2) is 0 Å². The normalized spacial score (nSPS) is 20.0. The predicted molar refractivity (Wildman–Crippen MR) is 69.8 cm³/mol. The molecule has 0 bridgehead atoms. The van der Waals surface area contributed by atoms with Crippen molar-refractivity contribution in [3.05, 3.63) is 5.82 Å². The van der Waals surface area contributed by atoms with Gasteiger partial charge >= 0.3 is 0 Å². The highest BCUT2D eigenvalue weighted by molar-refractivity contribution is 4.93. The molecule has 2 N–H and O–H groups in total. The maximum Gasteiger partial charge on any atom is 0.188 e. The Labute approximate surface area is 109 Å². The summed E-state index contributed by atoms with van der Waals surface area (Å²) in [6.07, 6.45) is 7.57. The monoisotopic (exact) mass is 252 g/mol. The molecular formula is C12H24N6. The summed E-state index contributed by atoms with van der Waals surface area (Å²) in [5.74, 6) is 0.775. The Bertz CT molecular complexity index is 366. The zero-order valence-corrected chi connectivity index (χ0v) is 11.5. The van der Waals surface area contributed by atoms with Crippen LogP contribution >= 0.6 is 0 Å². The summed E-state index contributed by atoms with van der Waals surface area (Å²) in [6.45, 7) is 1.44. The maximum atomic E-state index is 6.06. The summed E-state index contributed by atoms with van der Waals surface area (Å²) in [5.41, 5.74) is 6.18. The molecule has 6 nitrogen and oxygen atoms in total. The van der Waals surface area contributed by atoms with E-state index in [1.54, 1.807) is 7.05 Å². The van der Waals surface area contributed by atoms with Crippen LogP contribution in [-0.4, -0.2) is 44.2 Å². The molecule has 2 rings (SSSR count). The molecule has 1 aliphatic rings. The van der Waals surface area contributed by atoms with E-state index in [0.29, 0.717) is 6.54 Å². The Balaban J connectivity index is 2.06. The highest BCUT2D eigenvalue weighted by Gasteiger charge is 2.34. The number of likely N-dealkylation sites (N-methyl/N-ethyl adjacent to an activating group) is 1. The van der Waals surface area contributed by atoms with Crippen LogP contribution in [0.3, 0.4) is 0 Å². The Morgan fingerprint density at radius 2 is 1.94 bits per heavy atom. The molecule has 0 amide bonds. The Kier molecular flexibility index (Phi) is 4.29. The summed E-state index contributed by atoms with van der Waals surface area (Å²) in [6, 6.07) is 0. The van der Waals surface area contributed by atoms with Gasteiger partial charge in [0.1, 0.15) is 0 Å². The van der Waals surface area contributed by atoms with Crippen molar-refractivity contribution in [1.29, 1.82) is 0 Å². The lowest BCUT2D eigenvalue weighted by atomic mass is 9.88. The van der Waals surface area contributed by atoms with Crippen LogP contribution < -0.4 is 5.73 Å². The summed E-state index contributed by atoms with van der Waals surface area (Å²) in [7, 11) is 3.93. The van der Waals surface area contributed by atoms with Crippen molar-refractivity contribution < 1.29 is 0 Å². The van der Waals surface area contributed by atoms with Crippen LogP contribution in [0, 0.1) is 0 Å². The molecule has 0 saturated heterocycles. The van der Waals surface area contributed by atoms with Gasteiger partial charge in [0.2, 0.25) is 0 Å². The summed E-state index contributed by atoms with van der Waals surface area (Å²) < 4.78 is 0. The number of tetrazole rings is 1. The summed E-state index contributed by atoms with van der Waals surface area (Å²) in [4.78, 5) is 3.83. The molecule has 0 aromatic carbocycles. The third-order valence-corrected chi connectivity index (χ3v) is 4.15. The molecule has 18 heavy (non-hydrogen) atoms. The van der Waals surface area contributed by atoms with Gasteiger partial charge in [0.15, 0.2) is 5.82 Å². The number of rotatable bonds is 4. The van der Waals surface area contributed by atoms with Crippen molar-refractivity contribution in [2.75, 3.05) is 13.6 Å². The smallest absolute Gasteiger partial charge is 0.188 e. The van der Waals surface area contributed by atoms with E-state index in [2.05, 4.69) is 27.4 Å². The first-order valence-corrected chi connectivity index (χ1v) is 6.80.